The van der Waals surface area contributed by atoms with Crippen LogP contribution in [0.3, 0.4) is 0 Å². The third-order valence-electron chi connectivity index (χ3n) is 3.04. The van der Waals surface area contributed by atoms with Crippen LogP contribution < -0.4 is 0 Å². The van der Waals surface area contributed by atoms with Crippen LogP contribution in [-0.2, 0) is 6.42 Å². The van der Waals surface area contributed by atoms with E-state index in [-0.39, 0.29) is 0 Å². The van der Waals surface area contributed by atoms with Crippen molar-refractivity contribution >= 4 is 28.9 Å². The standard InChI is InChI=1S/C12H10Cl2N4O/c13-8-5-4-7(6-9(8)14)18-15-10-2-1-3-11(17-19)12(10)16-18/h4-6,19H,1-3H2/b17-11+. The Labute approximate surface area is 119 Å². The fourth-order valence-electron chi connectivity index (χ4n) is 2.09. The van der Waals surface area contributed by atoms with E-state index < -0.39 is 0 Å². The summed E-state index contributed by atoms with van der Waals surface area (Å²) in [5.41, 5.74) is 2.79. The van der Waals surface area contributed by atoms with Crippen molar-refractivity contribution in [3.8, 4) is 5.69 Å². The zero-order valence-electron chi connectivity index (χ0n) is 9.85. The predicted molar refractivity (Wildman–Crippen MR) is 72.6 cm³/mol. The maximum Gasteiger partial charge on any atom is 0.134 e. The number of hydrogen-bond acceptors (Lipinski definition) is 4. The highest BCUT2D eigenvalue weighted by Gasteiger charge is 2.22. The number of oxime groups is 1. The first-order valence-electron chi connectivity index (χ1n) is 5.82. The van der Waals surface area contributed by atoms with Crippen LogP contribution in [0.1, 0.15) is 24.2 Å². The first-order valence-corrected chi connectivity index (χ1v) is 6.57. The quantitative estimate of drug-likeness (QED) is 0.650. The summed E-state index contributed by atoms with van der Waals surface area (Å²) >= 11 is 11.9. The van der Waals surface area contributed by atoms with Gasteiger partial charge in [0, 0.05) is 0 Å². The van der Waals surface area contributed by atoms with Gasteiger partial charge in [0.15, 0.2) is 0 Å². The van der Waals surface area contributed by atoms with Crippen molar-refractivity contribution < 1.29 is 5.21 Å². The number of rotatable bonds is 1. The molecule has 0 amide bonds. The molecule has 1 aliphatic carbocycles. The number of hydrogen-bond donors (Lipinski definition) is 1. The van der Waals surface area contributed by atoms with Crippen LogP contribution in [0.15, 0.2) is 23.4 Å². The van der Waals surface area contributed by atoms with Crippen LogP contribution in [0, 0.1) is 0 Å². The minimum absolute atomic E-state index is 0.450. The largest absolute Gasteiger partial charge is 0.411 e. The average Bonchev–Trinajstić information content (AvgIpc) is 2.85. The molecule has 0 radical (unpaired) electrons. The minimum atomic E-state index is 0.450. The first kappa shape index (κ1) is 12.4. The second kappa shape index (κ2) is 4.83. The Balaban J connectivity index is 2.07. The van der Waals surface area contributed by atoms with Gasteiger partial charge < -0.3 is 5.21 Å². The third kappa shape index (κ3) is 2.19. The lowest BCUT2D eigenvalue weighted by atomic mass is 9.99. The van der Waals surface area contributed by atoms with Crippen molar-refractivity contribution in [2.45, 2.75) is 19.3 Å². The molecule has 3 rings (SSSR count). The third-order valence-corrected chi connectivity index (χ3v) is 3.78. The van der Waals surface area contributed by atoms with Gasteiger partial charge in [-0.3, -0.25) is 0 Å². The second-order valence-corrected chi connectivity index (χ2v) is 5.10. The van der Waals surface area contributed by atoms with Gasteiger partial charge in [-0.1, -0.05) is 28.4 Å². The minimum Gasteiger partial charge on any atom is -0.411 e. The van der Waals surface area contributed by atoms with Gasteiger partial charge in [0.05, 0.1) is 21.4 Å². The number of nitrogens with zero attached hydrogens (tertiary/aromatic N) is 4. The zero-order chi connectivity index (χ0) is 13.4. The molecule has 1 aromatic heterocycles. The summed E-state index contributed by atoms with van der Waals surface area (Å²) in [6.07, 6.45) is 2.45. The number of aryl methyl sites for hydroxylation is 1. The van der Waals surface area contributed by atoms with E-state index in [0.717, 1.165) is 24.2 Å². The average molecular weight is 297 g/mol. The summed E-state index contributed by atoms with van der Waals surface area (Å²) in [5, 5.41) is 21.9. The maximum atomic E-state index is 8.97. The summed E-state index contributed by atoms with van der Waals surface area (Å²) in [6, 6.07) is 5.18. The monoisotopic (exact) mass is 296 g/mol. The highest BCUT2D eigenvalue weighted by Crippen LogP contribution is 2.25. The molecule has 0 spiro atoms. The first-order chi connectivity index (χ1) is 9.19. The molecule has 5 nitrogen and oxygen atoms in total. The normalized spacial score (nSPS) is 16.6. The number of benzene rings is 1. The van der Waals surface area contributed by atoms with Gasteiger partial charge in [-0.2, -0.15) is 9.90 Å². The molecule has 2 aromatic rings. The smallest absolute Gasteiger partial charge is 0.134 e. The number of aromatic nitrogens is 3. The van der Waals surface area contributed by atoms with E-state index in [9.17, 15) is 0 Å². The summed E-state index contributed by atoms with van der Waals surface area (Å²) in [7, 11) is 0. The lowest BCUT2D eigenvalue weighted by Gasteiger charge is -2.07. The van der Waals surface area contributed by atoms with Crippen molar-refractivity contribution in [2.24, 2.45) is 5.16 Å². The Kier molecular flexibility index (Phi) is 3.16. The highest BCUT2D eigenvalue weighted by molar-refractivity contribution is 6.42. The summed E-state index contributed by atoms with van der Waals surface area (Å²) in [4.78, 5) is 1.49. The van der Waals surface area contributed by atoms with Gasteiger partial charge in [0.1, 0.15) is 11.4 Å². The maximum absolute atomic E-state index is 8.97. The molecule has 1 aliphatic rings. The van der Waals surface area contributed by atoms with E-state index >= 15 is 0 Å². The van der Waals surface area contributed by atoms with Crippen LogP contribution in [0.25, 0.3) is 5.69 Å². The summed E-state index contributed by atoms with van der Waals surface area (Å²) in [5.74, 6) is 0. The van der Waals surface area contributed by atoms with Crippen LogP contribution in [-0.4, -0.2) is 25.9 Å². The highest BCUT2D eigenvalue weighted by atomic mass is 35.5. The van der Waals surface area contributed by atoms with Gasteiger partial charge in [-0.05, 0) is 37.5 Å². The van der Waals surface area contributed by atoms with Crippen molar-refractivity contribution in [3.05, 3.63) is 39.6 Å². The number of halogens is 2. The lowest BCUT2D eigenvalue weighted by molar-refractivity contribution is 0.317. The molecule has 0 saturated heterocycles. The molecule has 0 unspecified atom stereocenters. The van der Waals surface area contributed by atoms with E-state index in [4.69, 9.17) is 28.4 Å². The molecule has 0 aliphatic heterocycles. The van der Waals surface area contributed by atoms with Gasteiger partial charge in [-0.25, -0.2) is 0 Å². The molecule has 0 bridgehead atoms. The molecule has 7 heteroatoms. The Morgan fingerprint density at radius 1 is 1.16 bits per heavy atom. The SMILES string of the molecule is O/N=C1\CCCc2nn(-c3ccc(Cl)c(Cl)c3)nc21. The van der Waals surface area contributed by atoms with Gasteiger partial charge >= 0.3 is 0 Å². The van der Waals surface area contributed by atoms with E-state index in [1.165, 1.54) is 4.80 Å². The van der Waals surface area contributed by atoms with Gasteiger partial charge in [0.2, 0.25) is 0 Å². The fraction of sp³-hybridized carbons (Fsp3) is 0.250. The molecule has 0 atom stereocenters. The molecular formula is C12H10Cl2N4O. The topological polar surface area (TPSA) is 63.3 Å². The van der Waals surface area contributed by atoms with Crippen molar-refractivity contribution in [2.75, 3.05) is 0 Å². The molecule has 0 fully saturated rings. The van der Waals surface area contributed by atoms with Gasteiger partial charge in [-0.15, -0.1) is 5.10 Å². The van der Waals surface area contributed by atoms with Crippen LogP contribution >= 0.6 is 23.2 Å². The zero-order valence-corrected chi connectivity index (χ0v) is 11.4. The predicted octanol–water partition coefficient (Wildman–Crippen LogP) is 3.09. The molecule has 19 heavy (non-hydrogen) atoms. The van der Waals surface area contributed by atoms with Crippen LogP contribution in [0.5, 0.6) is 0 Å². The molecule has 0 saturated carbocycles. The fourth-order valence-corrected chi connectivity index (χ4v) is 2.39. The van der Waals surface area contributed by atoms with Crippen molar-refractivity contribution in [1.29, 1.82) is 0 Å². The molecule has 1 aromatic carbocycles. The van der Waals surface area contributed by atoms with Crippen molar-refractivity contribution in [1.82, 2.24) is 15.0 Å². The summed E-state index contributed by atoms with van der Waals surface area (Å²) < 4.78 is 0. The van der Waals surface area contributed by atoms with E-state index in [2.05, 4.69) is 15.4 Å². The Morgan fingerprint density at radius 3 is 2.74 bits per heavy atom. The molecular weight excluding hydrogens is 287 g/mol. The molecule has 98 valence electrons. The van der Waals surface area contributed by atoms with E-state index in [1.807, 2.05) is 0 Å². The Hall–Kier alpha value is -1.59. The number of fused-ring (bicyclic) bond motifs is 1. The van der Waals surface area contributed by atoms with E-state index in [1.54, 1.807) is 18.2 Å². The Bertz CT molecular complexity index is 666. The molecule has 1 N–H and O–H groups in total. The summed E-state index contributed by atoms with van der Waals surface area (Å²) in [6.45, 7) is 0. The second-order valence-electron chi connectivity index (χ2n) is 4.28. The molecule has 1 heterocycles. The van der Waals surface area contributed by atoms with Gasteiger partial charge in [0.25, 0.3) is 0 Å². The van der Waals surface area contributed by atoms with E-state index in [0.29, 0.717) is 27.9 Å². The Morgan fingerprint density at radius 2 is 2.00 bits per heavy atom. The van der Waals surface area contributed by atoms with Crippen LogP contribution in [0.2, 0.25) is 10.0 Å². The lowest BCUT2D eigenvalue weighted by Crippen LogP contribution is -2.11. The van der Waals surface area contributed by atoms with Crippen LogP contribution in [0.4, 0.5) is 0 Å². The van der Waals surface area contributed by atoms with Crippen molar-refractivity contribution in [3.63, 3.8) is 0 Å².